The van der Waals surface area contributed by atoms with E-state index < -0.39 is 37.9 Å². The first kappa shape index (κ1) is 34.9. The lowest BCUT2D eigenvalue weighted by atomic mass is 10.1. The number of hydrogen-bond donors (Lipinski definition) is 1. The number of piperazine rings is 1. The Balaban J connectivity index is 1.03. The molecule has 4 aliphatic rings. The Morgan fingerprint density at radius 1 is 0.922 bits per heavy atom. The highest BCUT2D eigenvalue weighted by molar-refractivity contribution is 7.92. The molecule has 15 nitrogen and oxygen atoms in total. The van der Waals surface area contributed by atoms with Crippen molar-refractivity contribution in [1.82, 2.24) is 19.6 Å². The lowest BCUT2D eigenvalue weighted by molar-refractivity contribution is 0.0508. The Hall–Kier alpha value is -4.48. The molecule has 0 radical (unpaired) electrons. The van der Waals surface area contributed by atoms with E-state index in [0.29, 0.717) is 49.1 Å². The Labute approximate surface area is 298 Å². The number of aromatic nitrogens is 2. The van der Waals surface area contributed by atoms with Gasteiger partial charge in [-0.05, 0) is 70.0 Å². The van der Waals surface area contributed by atoms with Crippen LogP contribution in [-0.2, 0) is 31.2 Å². The average Bonchev–Trinajstić information content (AvgIpc) is 3.67. The van der Waals surface area contributed by atoms with Crippen molar-refractivity contribution >= 4 is 55.2 Å². The number of nitrogens with zero attached hydrogens (tertiary/aromatic N) is 7. The van der Waals surface area contributed by atoms with Gasteiger partial charge in [-0.25, -0.2) is 30.9 Å². The molecule has 2 amide bonds. The largest absolute Gasteiger partial charge is 0.444 e. The molecule has 0 bridgehead atoms. The molecular weight excluding hydrogens is 697 g/mol. The van der Waals surface area contributed by atoms with Crippen LogP contribution in [0, 0.1) is 6.92 Å². The molecule has 2 saturated heterocycles. The summed E-state index contributed by atoms with van der Waals surface area (Å²) in [5, 5.41) is 2.94. The van der Waals surface area contributed by atoms with Crippen LogP contribution in [-0.4, -0.2) is 106 Å². The first-order valence-electron chi connectivity index (χ1n) is 16.9. The van der Waals surface area contributed by atoms with E-state index in [9.17, 15) is 26.4 Å². The second-order valence-corrected chi connectivity index (χ2v) is 18.2. The predicted molar refractivity (Wildman–Crippen MR) is 192 cm³/mol. The van der Waals surface area contributed by atoms with E-state index in [-0.39, 0.29) is 41.9 Å². The van der Waals surface area contributed by atoms with E-state index in [1.807, 2.05) is 38.7 Å². The zero-order valence-corrected chi connectivity index (χ0v) is 30.9. The number of carbonyl (C=O) groups is 2. The molecular formula is C34H42N8O7S2. The van der Waals surface area contributed by atoms with Crippen LogP contribution in [0.4, 0.5) is 27.9 Å². The molecule has 0 spiro atoms. The van der Waals surface area contributed by atoms with Gasteiger partial charge in [0.2, 0.25) is 26.0 Å². The van der Waals surface area contributed by atoms with Crippen molar-refractivity contribution in [2.75, 3.05) is 64.5 Å². The summed E-state index contributed by atoms with van der Waals surface area (Å²) in [4.78, 5) is 40.9. The molecule has 272 valence electrons. The van der Waals surface area contributed by atoms with Crippen molar-refractivity contribution < 1.29 is 31.2 Å². The molecule has 1 N–H and O–H groups in total. The van der Waals surface area contributed by atoms with E-state index in [1.165, 1.54) is 19.6 Å². The molecule has 2 atom stereocenters. The van der Waals surface area contributed by atoms with E-state index in [1.54, 1.807) is 36.4 Å². The third-order valence-electron chi connectivity index (χ3n) is 9.45. The molecule has 17 heteroatoms. The van der Waals surface area contributed by atoms with E-state index in [2.05, 4.69) is 15.2 Å². The quantitative estimate of drug-likeness (QED) is 0.395. The third kappa shape index (κ3) is 6.69. The monoisotopic (exact) mass is 738 g/mol. The third-order valence-corrected chi connectivity index (χ3v) is 12.5. The van der Waals surface area contributed by atoms with Gasteiger partial charge in [0.05, 0.1) is 28.4 Å². The number of rotatable bonds is 6. The topological polar surface area (TPSA) is 166 Å². The zero-order chi connectivity index (χ0) is 36.5. The molecule has 0 saturated carbocycles. The van der Waals surface area contributed by atoms with Crippen molar-refractivity contribution in [3.8, 4) is 0 Å². The second kappa shape index (κ2) is 12.6. The van der Waals surface area contributed by atoms with Crippen molar-refractivity contribution in [3.05, 3.63) is 65.4 Å². The highest BCUT2D eigenvalue weighted by Crippen LogP contribution is 2.43. The number of para-hydroxylation sites is 1. The number of benzene rings is 2. The lowest BCUT2D eigenvalue weighted by Gasteiger charge is -2.40. The number of hydrogen-bond acceptors (Lipinski definition) is 11. The highest BCUT2D eigenvalue weighted by atomic mass is 32.2. The molecule has 4 aliphatic heterocycles. The zero-order valence-electron chi connectivity index (χ0n) is 29.2. The standard InChI is InChI=1S/C34H42N8O7S2/c1-22-18-29(39-13-12-24(21-39)36-33(44)49-34(2,3)4)37-32(35-22)38-14-16-40(17-15-38)51(47,48)25-10-11-27-23(19-25)20-30-41(27)31(43)26-8-6-7-9-28(26)42(30)50(5,45)46/h6-11,18-19,24,30H,12-17,20-21H2,1-5H3,(H,36,44)/t24-,30?/m0/s1. The average molecular weight is 739 g/mol. The summed E-state index contributed by atoms with van der Waals surface area (Å²) in [6.45, 7) is 9.82. The van der Waals surface area contributed by atoms with Gasteiger partial charge in [-0.2, -0.15) is 9.29 Å². The van der Waals surface area contributed by atoms with Crippen molar-refractivity contribution in [1.29, 1.82) is 0 Å². The minimum absolute atomic E-state index is 0.0804. The Morgan fingerprint density at radius 3 is 2.35 bits per heavy atom. The van der Waals surface area contributed by atoms with Gasteiger partial charge >= 0.3 is 6.09 Å². The Morgan fingerprint density at radius 2 is 1.65 bits per heavy atom. The summed E-state index contributed by atoms with van der Waals surface area (Å²) in [7, 11) is -7.68. The fraction of sp³-hybridized carbons (Fsp3) is 0.471. The van der Waals surface area contributed by atoms with E-state index in [0.717, 1.165) is 24.2 Å². The summed E-state index contributed by atoms with van der Waals surface area (Å²) >= 11 is 0. The minimum atomic E-state index is -3.91. The van der Waals surface area contributed by atoms with Crippen LogP contribution in [0.1, 0.15) is 48.8 Å². The first-order chi connectivity index (χ1) is 24.0. The maximum Gasteiger partial charge on any atom is 0.407 e. The highest BCUT2D eigenvalue weighted by Gasteiger charge is 2.47. The summed E-state index contributed by atoms with van der Waals surface area (Å²) in [5.41, 5.74) is 1.86. The van der Waals surface area contributed by atoms with Gasteiger partial charge in [-0.15, -0.1) is 0 Å². The number of fused-ring (bicyclic) bond motifs is 4. The van der Waals surface area contributed by atoms with Crippen LogP contribution in [0.5, 0.6) is 0 Å². The van der Waals surface area contributed by atoms with Crippen LogP contribution in [0.2, 0.25) is 0 Å². The van der Waals surface area contributed by atoms with Crippen LogP contribution < -0.4 is 24.3 Å². The van der Waals surface area contributed by atoms with E-state index >= 15 is 0 Å². The number of nitrogens with one attached hydrogen (secondary N) is 1. The van der Waals surface area contributed by atoms with Gasteiger partial charge in [-0.1, -0.05) is 12.1 Å². The number of anilines is 4. The number of sulfonamides is 2. The lowest BCUT2D eigenvalue weighted by Crippen LogP contribution is -2.55. The van der Waals surface area contributed by atoms with Crippen molar-refractivity contribution in [2.45, 2.75) is 63.2 Å². The fourth-order valence-corrected chi connectivity index (χ4v) is 9.82. The predicted octanol–water partition coefficient (Wildman–Crippen LogP) is 2.71. The van der Waals surface area contributed by atoms with Crippen LogP contribution in [0.15, 0.2) is 53.4 Å². The molecule has 3 aromatic rings. The van der Waals surface area contributed by atoms with Gasteiger partial charge in [0.25, 0.3) is 5.91 Å². The van der Waals surface area contributed by atoms with Gasteiger partial charge in [0.15, 0.2) is 0 Å². The number of alkyl carbamates (subject to hydrolysis) is 1. The minimum Gasteiger partial charge on any atom is -0.444 e. The number of aryl methyl sites for hydroxylation is 1. The van der Waals surface area contributed by atoms with Gasteiger partial charge < -0.3 is 19.9 Å². The molecule has 2 aromatic carbocycles. The fourth-order valence-electron chi connectivity index (χ4n) is 7.22. The second-order valence-electron chi connectivity index (χ2n) is 14.4. The summed E-state index contributed by atoms with van der Waals surface area (Å²) in [5.74, 6) is 0.928. The van der Waals surface area contributed by atoms with Crippen molar-refractivity contribution in [3.63, 3.8) is 0 Å². The van der Waals surface area contributed by atoms with Gasteiger partial charge in [-0.3, -0.25) is 9.69 Å². The summed E-state index contributed by atoms with van der Waals surface area (Å²) in [6.07, 6.45) is 0.729. The molecule has 5 heterocycles. The molecule has 51 heavy (non-hydrogen) atoms. The summed E-state index contributed by atoms with van der Waals surface area (Å²) in [6, 6.07) is 13.0. The Bertz CT molecular complexity index is 2110. The maximum atomic E-state index is 13.9. The van der Waals surface area contributed by atoms with E-state index in [4.69, 9.17) is 9.72 Å². The van der Waals surface area contributed by atoms with Crippen molar-refractivity contribution in [2.24, 2.45) is 0 Å². The SMILES string of the molecule is Cc1cc(N2CC[C@H](NC(=O)OC(C)(C)C)C2)nc(N2CCN(S(=O)(=O)c3ccc4c(c3)CC3N4C(=O)c4ccccc4N3S(C)(=O)=O)CC2)n1. The van der Waals surface area contributed by atoms with Crippen LogP contribution in [0.25, 0.3) is 0 Å². The number of carbonyl (C=O) groups excluding carboxylic acids is 2. The molecule has 0 aliphatic carbocycles. The molecule has 1 unspecified atom stereocenters. The summed E-state index contributed by atoms with van der Waals surface area (Å²) < 4.78 is 61.8. The van der Waals surface area contributed by atoms with Crippen LogP contribution >= 0.6 is 0 Å². The molecule has 7 rings (SSSR count). The number of ether oxygens (including phenoxy) is 1. The normalized spacial score (nSPS) is 21.0. The molecule has 2 fully saturated rings. The number of amides is 2. The van der Waals surface area contributed by atoms with Gasteiger partial charge in [0, 0.05) is 63.1 Å². The Kier molecular flexibility index (Phi) is 8.65. The maximum absolute atomic E-state index is 13.9. The van der Waals surface area contributed by atoms with Crippen LogP contribution in [0.3, 0.4) is 0 Å². The molecule has 1 aromatic heterocycles. The first-order valence-corrected chi connectivity index (χ1v) is 20.2. The smallest absolute Gasteiger partial charge is 0.407 e. The van der Waals surface area contributed by atoms with Gasteiger partial charge in [0.1, 0.15) is 17.6 Å².